The van der Waals surface area contributed by atoms with E-state index in [4.69, 9.17) is 10.5 Å². The van der Waals surface area contributed by atoms with Crippen LogP contribution in [0.1, 0.15) is 32.6 Å². The summed E-state index contributed by atoms with van der Waals surface area (Å²) >= 11 is 0. The van der Waals surface area contributed by atoms with Crippen LogP contribution in [0.2, 0.25) is 0 Å². The van der Waals surface area contributed by atoms with Gasteiger partial charge in [-0.25, -0.2) is 0 Å². The summed E-state index contributed by atoms with van der Waals surface area (Å²) in [5, 5.41) is 0. The van der Waals surface area contributed by atoms with E-state index in [-0.39, 0.29) is 18.3 Å². The molecule has 1 aliphatic rings. The maximum atomic E-state index is 11.8. The fourth-order valence-electron chi connectivity index (χ4n) is 2.12. The van der Waals surface area contributed by atoms with Crippen molar-refractivity contribution < 1.29 is 9.53 Å². The molecule has 1 unspecified atom stereocenters. The largest absolute Gasteiger partial charge is 0.381 e. The van der Waals surface area contributed by atoms with Crippen molar-refractivity contribution in [2.75, 3.05) is 32.8 Å². The summed E-state index contributed by atoms with van der Waals surface area (Å²) in [5.74, 6) is 0.780. The molecule has 5 heteroatoms. The first-order valence-corrected chi connectivity index (χ1v) is 6.33. The summed E-state index contributed by atoms with van der Waals surface area (Å²) in [6, 6.07) is 0. The van der Waals surface area contributed by atoms with Crippen LogP contribution in [0.15, 0.2) is 0 Å². The van der Waals surface area contributed by atoms with Crippen LogP contribution in [0.25, 0.3) is 0 Å². The molecule has 1 saturated heterocycles. The molecule has 0 aromatic heterocycles. The van der Waals surface area contributed by atoms with Crippen LogP contribution in [0.4, 0.5) is 0 Å². The van der Waals surface area contributed by atoms with E-state index >= 15 is 0 Å². The van der Waals surface area contributed by atoms with E-state index in [9.17, 15) is 4.79 Å². The quantitative estimate of drug-likeness (QED) is 0.790. The lowest BCUT2D eigenvalue weighted by Crippen LogP contribution is -2.41. The molecule has 0 bridgehead atoms. The van der Waals surface area contributed by atoms with Crippen molar-refractivity contribution in [3.05, 3.63) is 0 Å². The lowest BCUT2D eigenvalue weighted by atomic mass is 9.98. The SMILES string of the molecule is CCOCC1CCCN(C(=O)CCCN)C1.Cl. The van der Waals surface area contributed by atoms with Crippen LogP contribution in [0, 0.1) is 5.92 Å². The van der Waals surface area contributed by atoms with Crippen LogP contribution in [-0.4, -0.2) is 43.7 Å². The second kappa shape index (κ2) is 9.68. The van der Waals surface area contributed by atoms with Gasteiger partial charge in [0.15, 0.2) is 0 Å². The number of carbonyl (C=O) groups is 1. The second-order valence-electron chi connectivity index (χ2n) is 4.40. The fourth-order valence-corrected chi connectivity index (χ4v) is 2.12. The third kappa shape index (κ3) is 6.24. The molecule has 0 aromatic carbocycles. The Morgan fingerprint density at radius 1 is 1.53 bits per heavy atom. The summed E-state index contributed by atoms with van der Waals surface area (Å²) in [6.45, 7) is 5.93. The highest BCUT2D eigenvalue weighted by Gasteiger charge is 2.22. The minimum Gasteiger partial charge on any atom is -0.381 e. The Hall–Kier alpha value is -0.320. The number of likely N-dealkylation sites (tertiary alicyclic amines) is 1. The van der Waals surface area contributed by atoms with Crippen LogP contribution < -0.4 is 5.73 Å². The van der Waals surface area contributed by atoms with E-state index in [1.54, 1.807) is 0 Å². The highest BCUT2D eigenvalue weighted by atomic mass is 35.5. The van der Waals surface area contributed by atoms with Gasteiger partial charge in [0.25, 0.3) is 0 Å². The zero-order chi connectivity index (χ0) is 11.8. The average molecular weight is 265 g/mol. The Balaban J connectivity index is 0.00000256. The number of nitrogens with zero attached hydrogens (tertiary/aromatic N) is 1. The van der Waals surface area contributed by atoms with Crippen molar-refractivity contribution in [2.45, 2.75) is 32.6 Å². The van der Waals surface area contributed by atoms with E-state index in [0.29, 0.717) is 18.9 Å². The molecule has 1 fully saturated rings. The molecule has 1 amide bonds. The number of piperidine rings is 1. The van der Waals surface area contributed by atoms with Crippen molar-refractivity contribution in [3.8, 4) is 0 Å². The number of rotatable bonds is 6. The zero-order valence-electron chi connectivity index (χ0n) is 10.7. The van der Waals surface area contributed by atoms with E-state index in [0.717, 1.165) is 39.1 Å². The summed E-state index contributed by atoms with van der Waals surface area (Å²) in [6.07, 6.45) is 3.68. The predicted molar refractivity (Wildman–Crippen MR) is 71.3 cm³/mol. The lowest BCUT2D eigenvalue weighted by Gasteiger charge is -2.32. The number of hydrogen-bond acceptors (Lipinski definition) is 3. The molecular formula is C12H25ClN2O2. The molecule has 0 radical (unpaired) electrons. The van der Waals surface area contributed by atoms with Gasteiger partial charge in [-0.15, -0.1) is 12.4 Å². The van der Waals surface area contributed by atoms with Gasteiger partial charge in [0.2, 0.25) is 5.91 Å². The van der Waals surface area contributed by atoms with Crippen LogP contribution in [-0.2, 0) is 9.53 Å². The summed E-state index contributed by atoms with van der Waals surface area (Å²) in [7, 11) is 0. The number of carbonyl (C=O) groups excluding carboxylic acids is 1. The van der Waals surface area contributed by atoms with E-state index in [1.165, 1.54) is 6.42 Å². The number of halogens is 1. The van der Waals surface area contributed by atoms with Crippen molar-refractivity contribution in [1.82, 2.24) is 4.90 Å². The molecule has 102 valence electrons. The van der Waals surface area contributed by atoms with Crippen LogP contribution >= 0.6 is 12.4 Å². The van der Waals surface area contributed by atoms with Crippen LogP contribution in [0.3, 0.4) is 0 Å². The molecule has 1 heterocycles. The highest BCUT2D eigenvalue weighted by Crippen LogP contribution is 2.17. The number of ether oxygens (including phenoxy) is 1. The molecule has 0 saturated carbocycles. The monoisotopic (exact) mass is 264 g/mol. The Bertz CT molecular complexity index is 215. The van der Waals surface area contributed by atoms with Gasteiger partial charge in [0.1, 0.15) is 0 Å². The maximum Gasteiger partial charge on any atom is 0.222 e. The van der Waals surface area contributed by atoms with Crippen molar-refractivity contribution in [2.24, 2.45) is 11.7 Å². The van der Waals surface area contributed by atoms with Crippen molar-refractivity contribution in [1.29, 1.82) is 0 Å². The Morgan fingerprint density at radius 2 is 2.29 bits per heavy atom. The Labute approximate surface area is 110 Å². The third-order valence-electron chi connectivity index (χ3n) is 3.02. The number of hydrogen-bond donors (Lipinski definition) is 1. The summed E-state index contributed by atoms with van der Waals surface area (Å²) in [5.41, 5.74) is 5.41. The average Bonchev–Trinajstić information content (AvgIpc) is 2.33. The van der Waals surface area contributed by atoms with Gasteiger partial charge in [0.05, 0.1) is 6.61 Å². The first kappa shape index (κ1) is 16.7. The van der Waals surface area contributed by atoms with Gasteiger partial charge in [-0.05, 0) is 38.6 Å². The summed E-state index contributed by atoms with van der Waals surface area (Å²) < 4.78 is 5.42. The van der Waals surface area contributed by atoms with E-state index < -0.39 is 0 Å². The molecule has 17 heavy (non-hydrogen) atoms. The van der Waals surface area contributed by atoms with Crippen molar-refractivity contribution in [3.63, 3.8) is 0 Å². The first-order chi connectivity index (χ1) is 7.77. The summed E-state index contributed by atoms with van der Waals surface area (Å²) in [4.78, 5) is 13.8. The van der Waals surface area contributed by atoms with Gasteiger partial charge in [-0.1, -0.05) is 0 Å². The smallest absolute Gasteiger partial charge is 0.222 e. The highest BCUT2D eigenvalue weighted by molar-refractivity contribution is 5.85. The van der Waals surface area contributed by atoms with E-state index in [1.807, 2.05) is 11.8 Å². The van der Waals surface area contributed by atoms with Crippen LogP contribution in [0.5, 0.6) is 0 Å². The minimum absolute atomic E-state index is 0. The van der Waals surface area contributed by atoms with E-state index in [2.05, 4.69) is 0 Å². The second-order valence-corrected chi connectivity index (χ2v) is 4.40. The van der Waals surface area contributed by atoms with Crippen molar-refractivity contribution >= 4 is 18.3 Å². The topological polar surface area (TPSA) is 55.6 Å². The Morgan fingerprint density at radius 3 is 2.94 bits per heavy atom. The molecule has 0 spiro atoms. The van der Waals surface area contributed by atoms with Gasteiger partial charge < -0.3 is 15.4 Å². The van der Waals surface area contributed by atoms with Gasteiger partial charge >= 0.3 is 0 Å². The predicted octanol–water partition coefficient (Wildman–Crippen LogP) is 1.42. The normalized spacial score (nSPS) is 19.9. The third-order valence-corrected chi connectivity index (χ3v) is 3.02. The first-order valence-electron chi connectivity index (χ1n) is 6.33. The number of amides is 1. The molecule has 1 atom stereocenters. The molecule has 0 aromatic rings. The molecule has 1 rings (SSSR count). The number of nitrogens with two attached hydrogens (primary N) is 1. The lowest BCUT2D eigenvalue weighted by molar-refractivity contribution is -0.133. The zero-order valence-corrected chi connectivity index (χ0v) is 11.5. The Kier molecular flexibility index (Phi) is 9.50. The van der Waals surface area contributed by atoms with Gasteiger partial charge in [0, 0.05) is 26.1 Å². The molecule has 4 nitrogen and oxygen atoms in total. The van der Waals surface area contributed by atoms with Gasteiger partial charge in [-0.2, -0.15) is 0 Å². The molecule has 1 aliphatic heterocycles. The molecule has 0 aliphatic carbocycles. The minimum atomic E-state index is 0. The molecule has 2 N–H and O–H groups in total. The standard InChI is InChI=1S/C12H24N2O2.ClH/c1-2-16-10-11-5-4-8-14(9-11)12(15)6-3-7-13;/h11H,2-10,13H2,1H3;1H. The fraction of sp³-hybridized carbons (Fsp3) is 0.917. The van der Waals surface area contributed by atoms with Gasteiger partial charge in [-0.3, -0.25) is 4.79 Å². The molecular weight excluding hydrogens is 240 g/mol. The maximum absolute atomic E-state index is 11.8.